The largest absolute Gasteiger partial charge is 0.573 e. The van der Waals surface area contributed by atoms with Crippen LogP contribution in [0.25, 0.3) is 17.0 Å². The van der Waals surface area contributed by atoms with Crippen molar-refractivity contribution in [1.82, 2.24) is 0 Å². The summed E-state index contributed by atoms with van der Waals surface area (Å²) in [6.07, 6.45) is -2.33. The number of amides is 1. The summed E-state index contributed by atoms with van der Waals surface area (Å²) < 4.78 is 50.6. The smallest absolute Gasteiger partial charge is 0.458 e. The molecule has 0 unspecified atom stereocenters. The highest BCUT2D eigenvalue weighted by atomic mass is 19.4. The molecule has 0 atom stereocenters. The fourth-order valence-electron chi connectivity index (χ4n) is 2.77. The zero-order valence-corrected chi connectivity index (χ0v) is 16.6. The van der Waals surface area contributed by atoms with E-state index in [1.54, 1.807) is 12.1 Å². The van der Waals surface area contributed by atoms with Crippen molar-refractivity contribution < 1.29 is 36.7 Å². The number of nitrogens with one attached hydrogen (secondary N) is 1. The highest BCUT2D eigenvalue weighted by molar-refractivity contribution is 5.92. The average Bonchev–Trinajstić information content (AvgIpc) is 2.69. The summed E-state index contributed by atoms with van der Waals surface area (Å²) in [5.41, 5.74) is 0.859. The summed E-state index contributed by atoms with van der Waals surface area (Å²) in [5, 5.41) is 3.10. The van der Waals surface area contributed by atoms with E-state index in [-0.39, 0.29) is 23.8 Å². The van der Waals surface area contributed by atoms with Gasteiger partial charge in [0.25, 0.3) is 0 Å². The van der Waals surface area contributed by atoms with E-state index < -0.39 is 18.0 Å². The van der Waals surface area contributed by atoms with Crippen LogP contribution in [0, 0.1) is 0 Å². The van der Waals surface area contributed by atoms with Crippen molar-refractivity contribution in [3.05, 3.63) is 76.2 Å². The quantitative estimate of drug-likeness (QED) is 0.342. The van der Waals surface area contributed by atoms with Crippen molar-refractivity contribution >= 4 is 34.6 Å². The molecule has 1 heterocycles. The van der Waals surface area contributed by atoms with Gasteiger partial charge in [-0.15, -0.1) is 13.2 Å². The molecule has 0 radical (unpaired) electrons. The minimum atomic E-state index is -4.79. The van der Waals surface area contributed by atoms with E-state index in [0.29, 0.717) is 22.2 Å². The normalized spacial score (nSPS) is 11.5. The molecule has 1 amide bonds. The van der Waals surface area contributed by atoms with Gasteiger partial charge in [-0.05, 0) is 35.9 Å². The number of ether oxygens (including phenoxy) is 2. The first-order valence-corrected chi connectivity index (χ1v) is 9.14. The van der Waals surface area contributed by atoms with Crippen LogP contribution in [-0.2, 0) is 20.9 Å². The number of hydrogen-bond donors (Lipinski definition) is 1. The Morgan fingerprint density at radius 1 is 1.09 bits per heavy atom. The summed E-state index contributed by atoms with van der Waals surface area (Å²) in [6.45, 7) is 1.12. The van der Waals surface area contributed by atoms with Gasteiger partial charge in [-0.25, -0.2) is 9.59 Å². The minimum absolute atomic E-state index is 0.214. The maximum Gasteiger partial charge on any atom is 0.573 e. The third-order valence-electron chi connectivity index (χ3n) is 4.05. The van der Waals surface area contributed by atoms with Crippen molar-refractivity contribution in [1.29, 1.82) is 0 Å². The third kappa shape index (κ3) is 6.46. The highest BCUT2D eigenvalue weighted by Gasteiger charge is 2.30. The second-order valence-corrected chi connectivity index (χ2v) is 6.54. The van der Waals surface area contributed by atoms with Crippen molar-refractivity contribution in [3.63, 3.8) is 0 Å². The molecule has 3 rings (SSSR count). The predicted molar refractivity (Wildman–Crippen MR) is 109 cm³/mol. The molecule has 0 saturated heterocycles. The number of carbonyl (C=O) groups excluding carboxylic acids is 2. The maximum atomic E-state index is 12.2. The van der Waals surface area contributed by atoms with Gasteiger partial charge in [-0.1, -0.05) is 12.1 Å². The number of carbonyl (C=O) groups is 2. The molecule has 0 aliphatic rings. The van der Waals surface area contributed by atoms with Crippen LogP contribution in [0.3, 0.4) is 0 Å². The Hall–Kier alpha value is -4.08. The average molecular weight is 447 g/mol. The van der Waals surface area contributed by atoms with Gasteiger partial charge in [0.2, 0.25) is 5.91 Å². The highest BCUT2D eigenvalue weighted by Crippen LogP contribution is 2.24. The Balaban J connectivity index is 1.66. The Bertz CT molecular complexity index is 1230. The van der Waals surface area contributed by atoms with Gasteiger partial charge in [-0.2, -0.15) is 0 Å². The number of esters is 1. The van der Waals surface area contributed by atoms with Gasteiger partial charge in [-0.3, -0.25) is 4.79 Å². The van der Waals surface area contributed by atoms with Crippen LogP contribution in [0.5, 0.6) is 5.75 Å². The number of anilines is 1. The van der Waals surface area contributed by atoms with Crippen LogP contribution in [0.4, 0.5) is 18.9 Å². The third-order valence-corrected chi connectivity index (χ3v) is 4.05. The molecule has 3 aromatic rings. The summed E-state index contributed by atoms with van der Waals surface area (Å²) in [6, 6.07) is 10.8. The second kappa shape index (κ2) is 9.38. The fraction of sp³-hybridized carbons (Fsp3) is 0.136. The van der Waals surface area contributed by atoms with Gasteiger partial charge < -0.3 is 19.2 Å². The fourth-order valence-corrected chi connectivity index (χ4v) is 2.77. The van der Waals surface area contributed by atoms with Crippen LogP contribution < -0.4 is 15.7 Å². The Labute approximate surface area is 179 Å². The zero-order chi connectivity index (χ0) is 23.3. The van der Waals surface area contributed by atoms with Gasteiger partial charge in [0.15, 0.2) is 0 Å². The number of alkyl halides is 3. The van der Waals surface area contributed by atoms with Gasteiger partial charge in [0, 0.05) is 41.8 Å². The standard InChI is InChI=1S/C22H16F3NO6/c1-13(27)26-16-5-8-18-15(10-21(29)31-19(18)11-16)12-30-20(28)9-4-14-2-6-17(7-3-14)32-22(23,24)25/h2-11H,12H2,1H3,(H,26,27)/b9-4+. The second-order valence-electron chi connectivity index (χ2n) is 6.54. The van der Waals surface area contributed by atoms with E-state index in [9.17, 15) is 27.6 Å². The summed E-state index contributed by atoms with van der Waals surface area (Å²) in [5.74, 6) is -1.39. The van der Waals surface area contributed by atoms with Crippen LogP contribution in [0.15, 0.2) is 63.8 Å². The molecule has 1 N–H and O–H groups in total. The first kappa shape index (κ1) is 22.6. The van der Waals surface area contributed by atoms with E-state index in [0.717, 1.165) is 18.2 Å². The summed E-state index contributed by atoms with van der Waals surface area (Å²) in [4.78, 5) is 35.0. The summed E-state index contributed by atoms with van der Waals surface area (Å²) in [7, 11) is 0. The number of hydrogen-bond acceptors (Lipinski definition) is 6. The Morgan fingerprint density at radius 2 is 1.81 bits per heavy atom. The van der Waals surface area contributed by atoms with Crippen LogP contribution in [-0.4, -0.2) is 18.2 Å². The maximum absolute atomic E-state index is 12.2. The lowest BCUT2D eigenvalue weighted by atomic mass is 10.1. The molecule has 1 aromatic heterocycles. The first-order valence-electron chi connectivity index (χ1n) is 9.14. The van der Waals surface area contributed by atoms with E-state index >= 15 is 0 Å². The molecule has 166 valence electrons. The van der Waals surface area contributed by atoms with E-state index in [1.165, 1.54) is 37.3 Å². The van der Waals surface area contributed by atoms with E-state index in [1.807, 2.05) is 0 Å². The van der Waals surface area contributed by atoms with Crippen molar-refractivity contribution in [2.75, 3.05) is 5.32 Å². The van der Waals surface area contributed by atoms with Crippen LogP contribution in [0.1, 0.15) is 18.1 Å². The zero-order valence-electron chi connectivity index (χ0n) is 16.6. The monoisotopic (exact) mass is 447 g/mol. The molecule has 0 aliphatic heterocycles. The lowest BCUT2D eigenvalue weighted by molar-refractivity contribution is -0.274. The molecule has 0 fully saturated rings. The molecule has 32 heavy (non-hydrogen) atoms. The topological polar surface area (TPSA) is 94.8 Å². The number of rotatable bonds is 6. The number of fused-ring (bicyclic) bond motifs is 1. The SMILES string of the molecule is CC(=O)Nc1ccc2c(COC(=O)/C=C/c3ccc(OC(F)(F)F)cc3)cc(=O)oc2c1. The molecular formula is C22H16F3NO6. The van der Waals surface area contributed by atoms with E-state index in [4.69, 9.17) is 9.15 Å². The van der Waals surface area contributed by atoms with Crippen LogP contribution >= 0.6 is 0 Å². The number of benzene rings is 2. The van der Waals surface area contributed by atoms with E-state index in [2.05, 4.69) is 10.1 Å². The van der Waals surface area contributed by atoms with Crippen molar-refractivity contribution in [2.45, 2.75) is 19.9 Å². The molecule has 10 heteroatoms. The van der Waals surface area contributed by atoms with Gasteiger partial charge in [0.1, 0.15) is 17.9 Å². The minimum Gasteiger partial charge on any atom is -0.458 e. The molecule has 0 spiro atoms. The van der Waals surface area contributed by atoms with Gasteiger partial charge >= 0.3 is 18.0 Å². The molecule has 0 aliphatic carbocycles. The molecule has 0 bridgehead atoms. The Kier molecular flexibility index (Phi) is 6.62. The summed E-state index contributed by atoms with van der Waals surface area (Å²) >= 11 is 0. The lowest BCUT2D eigenvalue weighted by Gasteiger charge is -2.08. The van der Waals surface area contributed by atoms with Gasteiger partial charge in [0.05, 0.1) is 0 Å². The predicted octanol–water partition coefficient (Wildman–Crippen LogP) is 4.41. The molecule has 0 saturated carbocycles. The lowest BCUT2D eigenvalue weighted by Crippen LogP contribution is -2.16. The number of halogens is 3. The molecular weight excluding hydrogens is 431 g/mol. The van der Waals surface area contributed by atoms with Crippen molar-refractivity contribution in [2.24, 2.45) is 0 Å². The van der Waals surface area contributed by atoms with Crippen LogP contribution in [0.2, 0.25) is 0 Å². The molecule has 2 aromatic carbocycles. The molecule has 7 nitrogen and oxygen atoms in total. The Morgan fingerprint density at radius 3 is 2.47 bits per heavy atom. The van der Waals surface area contributed by atoms with Crippen molar-refractivity contribution in [3.8, 4) is 5.75 Å². The first-order chi connectivity index (χ1) is 15.1.